The van der Waals surface area contributed by atoms with E-state index >= 15 is 0 Å². The van der Waals surface area contributed by atoms with Crippen LogP contribution in [0.15, 0.2) is 0 Å². The lowest BCUT2D eigenvalue weighted by Gasteiger charge is -2.28. The van der Waals surface area contributed by atoms with Gasteiger partial charge in [-0.25, -0.2) is 9.59 Å². The van der Waals surface area contributed by atoms with Crippen molar-refractivity contribution in [3.8, 4) is 0 Å². The van der Waals surface area contributed by atoms with Crippen LogP contribution >= 0.6 is 0 Å². The molecule has 0 saturated heterocycles. The van der Waals surface area contributed by atoms with Gasteiger partial charge in [0.05, 0.1) is 13.2 Å². The number of ether oxygens (including phenoxy) is 4. The molecule has 0 bridgehead atoms. The summed E-state index contributed by atoms with van der Waals surface area (Å²) >= 11 is 0. The summed E-state index contributed by atoms with van der Waals surface area (Å²) in [5.74, 6) is -0.265. The first-order valence-electron chi connectivity index (χ1n) is 28.8. The van der Waals surface area contributed by atoms with Crippen LogP contribution in [0, 0.1) is 0 Å². The third-order valence-corrected chi connectivity index (χ3v) is 12.7. The molecule has 0 aliphatic heterocycles. The van der Waals surface area contributed by atoms with Gasteiger partial charge in [-0.1, -0.05) is 194 Å². The molecule has 0 unspecified atom stereocenters. The predicted octanol–water partition coefficient (Wildman–Crippen LogP) is 15.8. The maximum atomic E-state index is 13.0. The summed E-state index contributed by atoms with van der Waals surface area (Å²) in [5, 5.41) is 2.83. The number of hydrogen-bond acceptors (Lipinski definition) is 9. The number of rotatable bonds is 49. The van der Waals surface area contributed by atoms with Crippen LogP contribution in [0.2, 0.25) is 0 Å². The first-order chi connectivity index (χ1) is 32.9. The Balaban J connectivity index is 4.52. The van der Waals surface area contributed by atoms with Crippen LogP contribution in [-0.2, 0) is 28.5 Å². The number of nitrogens with zero attached hydrogens (tertiary/aromatic N) is 2. The van der Waals surface area contributed by atoms with Crippen LogP contribution in [0.25, 0.3) is 0 Å². The molecule has 402 valence electrons. The zero-order valence-corrected chi connectivity index (χ0v) is 45.9. The minimum atomic E-state index is -0.624. The first-order valence-corrected chi connectivity index (χ1v) is 28.8. The van der Waals surface area contributed by atoms with E-state index in [-0.39, 0.29) is 31.1 Å². The topological polar surface area (TPSA) is 124 Å². The summed E-state index contributed by atoms with van der Waals surface area (Å²) < 4.78 is 22.6. The lowest BCUT2D eigenvalue weighted by atomic mass is 10.0. The van der Waals surface area contributed by atoms with E-state index in [1.54, 1.807) is 4.90 Å². The van der Waals surface area contributed by atoms with Crippen molar-refractivity contribution in [2.75, 3.05) is 53.5 Å². The third kappa shape index (κ3) is 48.5. The third-order valence-electron chi connectivity index (χ3n) is 12.7. The highest BCUT2D eigenvalue weighted by Crippen LogP contribution is 2.18. The van der Waals surface area contributed by atoms with E-state index in [9.17, 15) is 19.2 Å². The Morgan fingerprint density at radius 3 is 1.15 bits per heavy atom. The summed E-state index contributed by atoms with van der Waals surface area (Å²) in [6.45, 7) is 12.4. The fraction of sp³-hybridized carbons (Fsp3) is 0.930. The molecule has 0 aromatic heterocycles. The van der Waals surface area contributed by atoms with Gasteiger partial charge < -0.3 is 34.1 Å². The number of hydrogen-bond donors (Lipinski definition) is 1. The molecule has 0 aromatic rings. The van der Waals surface area contributed by atoms with Crippen molar-refractivity contribution in [2.45, 2.75) is 290 Å². The van der Waals surface area contributed by atoms with Crippen molar-refractivity contribution in [1.29, 1.82) is 0 Å². The highest BCUT2D eigenvalue weighted by Gasteiger charge is 2.23. The second kappa shape index (κ2) is 48.1. The van der Waals surface area contributed by atoms with Crippen molar-refractivity contribution in [2.24, 2.45) is 0 Å². The molecule has 0 rings (SSSR count). The summed E-state index contributed by atoms with van der Waals surface area (Å²) in [6, 6.07) is 0. The van der Waals surface area contributed by atoms with E-state index in [1.165, 1.54) is 167 Å². The molecule has 0 aliphatic carbocycles. The standard InChI is InChI=1S/C57H111N3O8/c1-8-10-12-14-16-18-20-22-24-26-28-30-32-34-36-44-53(61)65-50-40-38-42-52(67-55(63)58-46-47-60(49-48-59(6)7)56(64)68-57(3,4)5)43-39-41-51-66-54(62)45-37-35-33-31-29-27-25-23-21-19-17-15-13-11-9-2/h52H,8-51H2,1-7H3,(H,58,63). The molecule has 2 amide bonds. The van der Waals surface area contributed by atoms with Crippen LogP contribution in [0.4, 0.5) is 9.59 Å². The number of nitrogens with one attached hydrogen (secondary N) is 1. The van der Waals surface area contributed by atoms with Gasteiger partial charge in [0.25, 0.3) is 0 Å². The smallest absolute Gasteiger partial charge is 0.410 e. The Bertz CT molecular complexity index is 1110. The van der Waals surface area contributed by atoms with Gasteiger partial charge in [0, 0.05) is 39.0 Å². The highest BCUT2D eigenvalue weighted by molar-refractivity contribution is 5.70. The predicted molar refractivity (Wildman–Crippen MR) is 283 cm³/mol. The minimum absolute atomic E-state index is 0.132. The normalized spacial score (nSPS) is 11.6. The number of alkyl carbamates (subject to hydrolysis) is 1. The Kier molecular flexibility index (Phi) is 46.3. The fourth-order valence-corrected chi connectivity index (χ4v) is 8.44. The average molecular weight is 967 g/mol. The van der Waals surface area contributed by atoms with Crippen LogP contribution in [0.3, 0.4) is 0 Å². The highest BCUT2D eigenvalue weighted by atomic mass is 16.6. The van der Waals surface area contributed by atoms with Gasteiger partial charge in [0.2, 0.25) is 0 Å². The summed E-state index contributed by atoms with van der Waals surface area (Å²) in [5.41, 5.74) is -0.624. The van der Waals surface area contributed by atoms with E-state index in [2.05, 4.69) is 19.2 Å². The van der Waals surface area contributed by atoms with Crippen molar-refractivity contribution in [3.05, 3.63) is 0 Å². The maximum Gasteiger partial charge on any atom is 0.410 e. The molecular weight excluding hydrogens is 855 g/mol. The fourth-order valence-electron chi connectivity index (χ4n) is 8.44. The maximum absolute atomic E-state index is 13.0. The number of carbonyl (C=O) groups is 4. The molecule has 0 heterocycles. The van der Waals surface area contributed by atoms with Crippen molar-refractivity contribution in [3.63, 3.8) is 0 Å². The Morgan fingerprint density at radius 1 is 0.456 bits per heavy atom. The number of likely N-dealkylation sites (N-methyl/N-ethyl adjacent to an activating group) is 1. The SMILES string of the molecule is CCCCCCCCCCCCCCCCCC(=O)OCCCCC(CCCCOC(=O)CCCCCCCCCCCCCCCCC)OC(=O)NCCN(CCN(C)C)C(=O)OC(C)(C)C. The van der Waals surface area contributed by atoms with E-state index in [0.717, 1.165) is 38.5 Å². The lowest BCUT2D eigenvalue weighted by molar-refractivity contribution is -0.144. The zero-order chi connectivity index (χ0) is 50.2. The molecular formula is C57H111N3O8. The molecule has 0 saturated carbocycles. The van der Waals surface area contributed by atoms with E-state index < -0.39 is 17.8 Å². The summed E-state index contributed by atoms with van der Waals surface area (Å²) in [4.78, 5) is 54.3. The van der Waals surface area contributed by atoms with E-state index in [0.29, 0.717) is 64.8 Å². The number of amides is 2. The van der Waals surface area contributed by atoms with Crippen LogP contribution in [0.1, 0.15) is 279 Å². The van der Waals surface area contributed by atoms with Gasteiger partial charge in [-0.15, -0.1) is 0 Å². The summed E-state index contributed by atoms with van der Waals surface area (Å²) in [7, 11) is 3.89. The molecule has 0 radical (unpaired) electrons. The molecule has 68 heavy (non-hydrogen) atoms. The minimum Gasteiger partial charge on any atom is -0.466 e. The summed E-state index contributed by atoms with van der Waals surface area (Å²) in [6.07, 6.45) is 42.6. The second-order valence-electron chi connectivity index (χ2n) is 21.1. The average Bonchev–Trinajstić information content (AvgIpc) is 3.29. The Hall–Kier alpha value is -2.56. The number of carbonyl (C=O) groups excluding carboxylic acids is 4. The van der Waals surface area contributed by atoms with Crippen LogP contribution in [-0.4, -0.2) is 99.1 Å². The zero-order valence-electron chi connectivity index (χ0n) is 45.9. The van der Waals surface area contributed by atoms with Gasteiger partial charge in [-0.2, -0.15) is 0 Å². The van der Waals surface area contributed by atoms with E-state index in [4.69, 9.17) is 18.9 Å². The van der Waals surface area contributed by atoms with Gasteiger partial charge in [-0.05, 0) is 86.2 Å². The molecule has 11 nitrogen and oxygen atoms in total. The first kappa shape index (κ1) is 65.4. The van der Waals surface area contributed by atoms with Gasteiger partial charge in [-0.3, -0.25) is 9.59 Å². The lowest BCUT2D eigenvalue weighted by Crippen LogP contribution is -2.44. The quantitative estimate of drug-likeness (QED) is 0.0360. The number of esters is 2. The van der Waals surface area contributed by atoms with Crippen LogP contribution in [0.5, 0.6) is 0 Å². The van der Waals surface area contributed by atoms with Gasteiger partial charge >= 0.3 is 24.1 Å². The van der Waals surface area contributed by atoms with Crippen molar-refractivity contribution >= 4 is 24.1 Å². The number of unbranched alkanes of at least 4 members (excludes halogenated alkanes) is 30. The van der Waals surface area contributed by atoms with Gasteiger partial charge in [0.1, 0.15) is 11.7 Å². The monoisotopic (exact) mass is 966 g/mol. The van der Waals surface area contributed by atoms with E-state index in [1.807, 2.05) is 39.8 Å². The molecule has 0 atom stereocenters. The molecule has 11 heteroatoms. The Morgan fingerprint density at radius 2 is 0.809 bits per heavy atom. The molecule has 0 aliphatic rings. The molecule has 0 aromatic carbocycles. The van der Waals surface area contributed by atoms with Gasteiger partial charge in [0.15, 0.2) is 0 Å². The second-order valence-corrected chi connectivity index (χ2v) is 21.1. The largest absolute Gasteiger partial charge is 0.466 e. The molecule has 0 fully saturated rings. The van der Waals surface area contributed by atoms with Crippen molar-refractivity contribution < 1.29 is 38.1 Å². The Labute approximate surface area is 419 Å². The molecule has 0 spiro atoms. The van der Waals surface area contributed by atoms with Crippen LogP contribution < -0.4 is 5.32 Å². The molecule has 1 N–H and O–H groups in total. The van der Waals surface area contributed by atoms with Crippen molar-refractivity contribution in [1.82, 2.24) is 15.1 Å².